The molecule has 0 atom stereocenters. The number of anilines is 1. The summed E-state index contributed by atoms with van der Waals surface area (Å²) in [5, 5.41) is 3.47. The number of nitrogens with zero attached hydrogens (tertiary/aromatic N) is 1. The Morgan fingerprint density at radius 3 is 2.82 bits per heavy atom. The van der Waals surface area contributed by atoms with Crippen LogP contribution in [0.1, 0.15) is 23.6 Å². The van der Waals surface area contributed by atoms with Crippen LogP contribution in [0.5, 0.6) is 0 Å². The first-order chi connectivity index (χ1) is 10.8. The number of nitrogens with two attached hydrogens (primary N) is 1. The van der Waals surface area contributed by atoms with Gasteiger partial charge in [-0.05, 0) is 37.2 Å². The fraction of sp³-hybridized carbons (Fsp3) is 0.211. The molecule has 0 radical (unpaired) electrons. The highest BCUT2D eigenvalue weighted by molar-refractivity contribution is 6.16. The van der Waals surface area contributed by atoms with Gasteiger partial charge in [-0.15, -0.1) is 0 Å². The van der Waals surface area contributed by atoms with E-state index in [1.54, 1.807) is 6.20 Å². The van der Waals surface area contributed by atoms with E-state index in [-0.39, 0.29) is 0 Å². The Hall–Kier alpha value is -2.55. The largest absolute Gasteiger partial charge is 0.405 e. The van der Waals surface area contributed by atoms with E-state index in [2.05, 4.69) is 54.7 Å². The SMILES string of the molecule is C/C(=C\N)Cc1ccc2c(c1)C(c1ccccc1)=NCCN2. The number of benzene rings is 2. The predicted octanol–water partition coefficient (Wildman–Crippen LogP) is 3.35. The Kier molecular flexibility index (Phi) is 4.24. The van der Waals surface area contributed by atoms with Crippen LogP contribution in [0.4, 0.5) is 5.69 Å². The summed E-state index contributed by atoms with van der Waals surface area (Å²) in [7, 11) is 0. The molecule has 0 saturated heterocycles. The quantitative estimate of drug-likeness (QED) is 0.911. The third-order valence-electron chi connectivity index (χ3n) is 3.85. The number of fused-ring (bicyclic) bond motifs is 1. The second kappa shape index (κ2) is 6.48. The van der Waals surface area contributed by atoms with Gasteiger partial charge in [-0.25, -0.2) is 0 Å². The number of hydrogen-bond acceptors (Lipinski definition) is 3. The molecular formula is C19H21N3. The molecule has 0 unspecified atom stereocenters. The van der Waals surface area contributed by atoms with Crippen molar-refractivity contribution in [3.8, 4) is 0 Å². The molecule has 0 fully saturated rings. The van der Waals surface area contributed by atoms with Gasteiger partial charge in [0.2, 0.25) is 0 Å². The van der Waals surface area contributed by atoms with Gasteiger partial charge in [-0.2, -0.15) is 0 Å². The topological polar surface area (TPSA) is 50.4 Å². The Morgan fingerprint density at radius 2 is 2.05 bits per heavy atom. The Labute approximate surface area is 131 Å². The third-order valence-corrected chi connectivity index (χ3v) is 3.85. The van der Waals surface area contributed by atoms with E-state index in [9.17, 15) is 0 Å². The molecule has 0 bridgehead atoms. The molecule has 0 spiro atoms. The molecule has 3 N–H and O–H groups in total. The van der Waals surface area contributed by atoms with Crippen LogP contribution >= 0.6 is 0 Å². The number of nitrogens with one attached hydrogen (secondary N) is 1. The summed E-state index contributed by atoms with van der Waals surface area (Å²) in [6.45, 7) is 3.70. The number of rotatable bonds is 3. The van der Waals surface area contributed by atoms with Crippen LogP contribution in [-0.4, -0.2) is 18.8 Å². The summed E-state index contributed by atoms with van der Waals surface area (Å²) in [6.07, 6.45) is 2.54. The molecule has 2 aromatic carbocycles. The van der Waals surface area contributed by atoms with Gasteiger partial charge >= 0.3 is 0 Å². The lowest BCUT2D eigenvalue weighted by atomic mass is 9.96. The molecule has 0 aromatic heterocycles. The molecule has 1 aliphatic heterocycles. The lowest BCUT2D eigenvalue weighted by molar-refractivity contribution is 1.04. The number of benzodiazepines with no additional fused rings is 1. The number of hydrogen-bond donors (Lipinski definition) is 2. The van der Waals surface area contributed by atoms with E-state index < -0.39 is 0 Å². The van der Waals surface area contributed by atoms with Gasteiger partial charge in [0.25, 0.3) is 0 Å². The van der Waals surface area contributed by atoms with E-state index >= 15 is 0 Å². The normalized spacial score (nSPS) is 14.6. The molecule has 0 aliphatic carbocycles. The minimum Gasteiger partial charge on any atom is -0.405 e. The molecular weight excluding hydrogens is 270 g/mol. The van der Waals surface area contributed by atoms with Crippen LogP contribution in [0.2, 0.25) is 0 Å². The molecule has 3 rings (SSSR count). The van der Waals surface area contributed by atoms with Crippen molar-refractivity contribution in [2.75, 3.05) is 18.4 Å². The van der Waals surface area contributed by atoms with Crippen LogP contribution in [0.25, 0.3) is 0 Å². The standard InChI is InChI=1S/C19H21N3/c1-14(13-20)11-15-7-8-18-17(12-15)19(22-10-9-21-18)16-5-3-2-4-6-16/h2-8,12-13,21H,9-11,20H2,1H3/b14-13+. The minimum atomic E-state index is 0.788. The number of aliphatic imine (C=N–C) groups is 1. The molecule has 22 heavy (non-hydrogen) atoms. The van der Waals surface area contributed by atoms with Crippen LogP contribution in [0.3, 0.4) is 0 Å². The Balaban J connectivity index is 2.05. The van der Waals surface area contributed by atoms with Crippen molar-refractivity contribution in [3.05, 3.63) is 77.0 Å². The molecule has 112 valence electrons. The van der Waals surface area contributed by atoms with Crippen LogP contribution in [0.15, 0.2) is 65.3 Å². The Morgan fingerprint density at radius 1 is 1.23 bits per heavy atom. The van der Waals surface area contributed by atoms with Crippen LogP contribution < -0.4 is 11.1 Å². The molecule has 1 heterocycles. The average Bonchev–Trinajstić information content (AvgIpc) is 2.77. The van der Waals surface area contributed by atoms with E-state index in [0.717, 1.165) is 36.5 Å². The predicted molar refractivity (Wildman–Crippen MR) is 93.5 cm³/mol. The highest BCUT2D eigenvalue weighted by Crippen LogP contribution is 2.24. The fourth-order valence-electron chi connectivity index (χ4n) is 2.72. The monoisotopic (exact) mass is 291 g/mol. The summed E-state index contributed by atoms with van der Waals surface area (Å²) in [5.41, 5.74) is 12.6. The van der Waals surface area contributed by atoms with Crippen molar-refractivity contribution < 1.29 is 0 Å². The maximum absolute atomic E-state index is 5.60. The summed E-state index contributed by atoms with van der Waals surface area (Å²) in [6, 6.07) is 16.9. The van der Waals surface area contributed by atoms with E-state index in [1.807, 2.05) is 6.07 Å². The van der Waals surface area contributed by atoms with Crippen molar-refractivity contribution >= 4 is 11.4 Å². The van der Waals surface area contributed by atoms with Gasteiger partial charge in [0.15, 0.2) is 0 Å². The smallest absolute Gasteiger partial charge is 0.0740 e. The van der Waals surface area contributed by atoms with Crippen molar-refractivity contribution in [2.45, 2.75) is 13.3 Å². The van der Waals surface area contributed by atoms with Gasteiger partial charge in [0.05, 0.1) is 12.3 Å². The highest BCUT2D eigenvalue weighted by Gasteiger charge is 2.15. The summed E-state index contributed by atoms with van der Waals surface area (Å²) >= 11 is 0. The van der Waals surface area contributed by atoms with Gasteiger partial charge in [-0.3, -0.25) is 4.99 Å². The maximum atomic E-state index is 5.60. The molecule has 3 nitrogen and oxygen atoms in total. The highest BCUT2D eigenvalue weighted by atomic mass is 14.9. The summed E-state index contributed by atoms with van der Waals surface area (Å²) in [5.74, 6) is 0. The molecule has 0 saturated carbocycles. The van der Waals surface area contributed by atoms with Gasteiger partial charge in [-0.1, -0.05) is 42.0 Å². The fourth-order valence-corrected chi connectivity index (χ4v) is 2.72. The van der Waals surface area contributed by atoms with Gasteiger partial charge in [0.1, 0.15) is 0 Å². The molecule has 0 amide bonds. The van der Waals surface area contributed by atoms with Crippen LogP contribution in [0, 0.1) is 0 Å². The van der Waals surface area contributed by atoms with Gasteiger partial charge < -0.3 is 11.1 Å². The maximum Gasteiger partial charge on any atom is 0.0740 e. The molecule has 3 heteroatoms. The third kappa shape index (κ3) is 3.03. The lowest BCUT2D eigenvalue weighted by Crippen LogP contribution is -2.06. The molecule has 2 aromatic rings. The average molecular weight is 291 g/mol. The van der Waals surface area contributed by atoms with Crippen molar-refractivity contribution in [1.82, 2.24) is 0 Å². The first kappa shape index (κ1) is 14.4. The van der Waals surface area contributed by atoms with E-state index in [0.29, 0.717) is 0 Å². The Bertz CT molecular complexity index is 715. The zero-order valence-corrected chi connectivity index (χ0v) is 12.8. The minimum absolute atomic E-state index is 0.788. The first-order valence-corrected chi connectivity index (χ1v) is 7.62. The van der Waals surface area contributed by atoms with Crippen molar-refractivity contribution in [2.24, 2.45) is 10.7 Å². The summed E-state index contributed by atoms with van der Waals surface area (Å²) in [4.78, 5) is 4.79. The second-order valence-electron chi connectivity index (χ2n) is 5.59. The zero-order chi connectivity index (χ0) is 15.4. The molecule has 1 aliphatic rings. The van der Waals surface area contributed by atoms with E-state index in [4.69, 9.17) is 10.7 Å². The number of allylic oxidation sites excluding steroid dienone is 1. The zero-order valence-electron chi connectivity index (χ0n) is 12.8. The van der Waals surface area contributed by atoms with Gasteiger partial charge in [0, 0.05) is 23.4 Å². The summed E-state index contributed by atoms with van der Waals surface area (Å²) < 4.78 is 0. The first-order valence-electron chi connectivity index (χ1n) is 7.62. The second-order valence-corrected chi connectivity index (χ2v) is 5.59. The van der Waals surface area contributed by atoms with Crippen molar-refractivity contribution in [1.29, 1.82) is 0 Å². The van der Waals surface area contributed by atoms with Crippen LogP contribution in [-0.2, 0) is 6.42 Å². The lowest BCUT2D eigenvalue weighted by Gasteiger charge is -2.13. The van der Waals surface area contributed by atoms with E-state index in [1.165, 1.54) is 16.7 Å². The van der Waals surface area contributed by atoms with Crippen molar-refractivity contribution in [3.63, 3.8) is 0 Å².